The summed E-state index contributed by atoms with van der Waals surface area (Å²) in [6.07, 6.45) is 1.26. The number of benzene rings is 2. The van der Waals surface area contributed by atoms with Crippen molar-refractivity contribution in [2.45, 2.75) is 26.4 Å². The van der Waals surface area contributed by atoms with Crippen LogP contribution in [0.1, 0.15) is 17.5 Å². The fraction of sp³-hybridized carbons (Fsp3) is 0.235. The molecule has 1 aromatic heterocycles. The number of thiazole rings is 1. The van der Waals surface area contributed by atoms with E-state index in [2.05, 4.69) is 55.2 Å². The van der Waals surface area contributed by atoms with Crippen LogP contribution in [0.5, 0.6) is 5.75 Å². The molecule has 0 bridgehead atoms. The van der Waals surface area contributed by atoms with Gasteiger partial charge in [0.1, 0.15) is 11.9 Å². The molecule has 0 amide bonds. The lowest BCUT2D eigenvalue weighted by Gasteiger charge is -2.07. The van der Waals surface area contributed by atoms with Crippen molar-refractivity contribution in [2.24, 2.45) is 0 Å². The van der Waals surface area contributed by atoms with Gasteiger partial charge in [0.15, 0.2) is 0 Å². The monoisotopic (exact) mass is 281 g/mol. The molecule has 20 heavy (non-hydrogen) atoms. The van der Waals surface area contributed by atoms with Gasteiger partial charge in [0.05, 0.1) is 15.2 Å². The maximum atomic E-state index is 5.87. The minimum absolute atomic E-state index is 0.272. The van der Waals surface area contributed by atoms with Crippen LogP contribution < -0.4 is 4.74 Å². The molecule has 0 fully saturated rings. The Morgan fingerprint density at radius 3 is 2.85 bits per heavy atom. The van der Waals surface area contributed by atoms with E-state index in [9.17, 15) is 0 Å². The predicted octanol–water partition coefficient (Wildman–Crippen LogP) is 4.60. The Bertz CT molecular complexity index is 806. The zero-order valence-electron chi connectivity index (χ0n) is 11.5. The first-order chi connectivity index (χ1) is 9.72. The van der Waals surface area contributed by atoms with E-state index in [1.165, 1.54) is 21.4 Å². The highest BCUT2D eigenvalue weighted by molar-refractivity contribution is 7.19. The molecule has 1 atom stereocenters. The third-order valence-corrected chi connectivity index (χ3v) is 4.78. The number of ether oxygens (including phenoxy) is 1. The van der Waals surface area contributed by atoms with Gasteiger partial charge in [-0.25, -0.2) is 4.98 Å². The van der Waals surface area contributed by atoms with Crippen LogP contribution in [0.4, 0.5) is 0 Å². The molecular formula is C17H15NOS. The molecule has 2 aromatic carbocycles. The fourth-order valence-electron chi connectivity index (χ4n) is 2.96. The van der Waals surface area contributed by atoms with E-state index in [-0.39, 0.29) is 6.10 Å². The molecule has 1 aliphatic heterocycles. The first-order valence-electron chi connectivity index (χ1n) is 6.87. The third-order valence-electron chi connectivity index (χ3n) is 3.76. The molecule has 1 aliphatic rings. The molecule has 0 aliphatic carbocycles. The Labute approximate surface area is 122 Å². The first kappa shape index (κ1) is 11.9. The second-order valence-corrected chi connectivity index (χ2v) is 6.50. The van der Waals surface area contributed by atoms with Gasteiger partial charge >= 0.3 is 0 Å². The molecule has 2 nitrogen and oxygen atoms in total. The maximum Gasteiger partial charge on any atom is 0.123 e. The first-order valence-corrected chi connectivity index (χ1v) is 7.69. The van der Waals surface area contributed by atoms with Crippen molar-refractivity contribution in [3.63, 3.8) is 0 Å². The van der Waals surface area contributed by atoms with E-state index >= 15 is 0 Å². The molecule has 0 radical (unpaired) electrons. The lowest BCUT2D eigenvalue weighted by molar-refractivity contribution is 0.254. The molecule has 1 unspecified atom stereocenters. The summed E-state index contributed by atoms with van der Waals surface area (Å²) in [7, 11) is 0. The number of rotatable bonds is 1. The van der Waals surface area contributed by atoms with Crippen LogP contribution in [-0.4, -0.2) is 11.1 Å². The topological polar surface area (TPSA) is 22.1 Å². The summed E-state index contributed by atoms with van der Waals surface area (Å²) >= 11 is 1.77. The van der Waals surface area contributed by atoms with Gasteiger partial charge in [0.2, 0.25) is 0 Å². The molecule has 3 heteroatoms. The van der Waals surface area contributed by atoms with E-state index in [1.54, 1.807) is 11.3 Å². The maximum absolute atomic E-state index is 5.87. The summed E-state index contributed by atoms with van der Waals surface area (Å²) in [5, 5.41) is 1.12. The lowest BCUT2D eigenvalue weighted by Crippen LogP contribution is -2.05. The van der Waals surface area contributed by atoms with Gasteiger partial charge in [-0.3, -0.25) is 0 Å². The number of nitrogens with zero attached hydrogens (tertiary/aromatic N) is 1. The Hall–Kier alpha value is -1.87. The molecule has 0 N–H and O–H groups in total. The summed E-state index contributed by atoms with van der Waals surface area (Å²) in [4.78, 5) is 4.60. The highest BCUT2D eigenvalue weighted by atomic mass is 32.1. The van der Waals surface area contributed by atoms with Gasteiger partial charge in [-0.1, -0.05) is 24.3 Å². The summed E-state index contributed by atoms with van der Waals surface area (Å²) in [5.74, 6) is 1.04. The largest absolute Gasteiger partial charge is 0.490 e. The molecule has 0 saturated carbocycles. The molecule has 0 saturated heterocycles. The van der Waals surface area contributed by atoms with Crippen LogP contribution in [0.2, 0.25) is 0 Å². The fourth-order valence-corrected chi connectivity index (χ4v) is 3.90. The van der Waals surface area contributed by atoms with Crippen molar-refractivity contribution in [3.05, 3.63) is 47.0 Å². The second kappa shape index (κ2) is 4.32. The van der Waals surface area contributed by atoms with Gasteiger partial charge in [0.25, 0.3) is 0 Å². The normalized spacial score (nSPS) is 17.2. The van der Waals surface area contributed by atoms with E-state index in [4.69, 9.17) is 4.74 Å². The predicted molar refractivity (Wildman–Crippen MR) is 83.6 cm³/mol. The summed E-state index contributed by atoms with van der Waals surface area (Å²) in [6.45, 7) is 4.19. The summed E-state index contributed by atoms with van der Waals surface area (Å²) in [5.41, 5.74) is 5.00. The second-order valence-electron chi connectivity index (χ2n) is 5.30. The highest BCUT2D eigenvalue weighted by Gasteiger charge is 2.23. The van der Waals surface area contributed by atoms with Gasteiger partial charge < -0.3 is 4.74 Å². The average Bonchev–Trinajstić information content (AvgIpc) is 2.98. The number of hydrogen-bond donors (Lipinski definition) is 0. The van der Waals surface area contributed by atoms with E-state index in [0.717, 1.165) is 22.7 Å². The van der Waals surface area contributed by atoms with Crippen molar-refractivity contribution >= 4 is 21.6 Å². The number of fused-ring (bicyclic) bond motifs is 2. The van der Waals surface area contributed by atoms with Crippen LogP contribution in [0.15, 0.2) is 36.4 Å². The highest BCUT2D eigenvalue weighted by Crippen LogP contribution is 2.40. The Kier molecular flexibility index (Phi) is 2.57. The quantitative estimate of drug-likeness (QED) is 0.650. The zero-order valence-corrected chi connectivity index (χ0v) is 12.3. The molecule has 4 rings (SSSR count). The summed E-state index contributed by atoms with van der Waals surface area (Å²) < 4.78 is 7.15. The van der Waals surface area contributed by atoms with Crippen LogP contribution in [-0.2, 0) is 6.42 Å². The van der Waals surface area contributed by atoms with Crippen molar-refractivity contribution in [1.82, 2.24) is 4.98 Å². The molecule has 100 valence electrons. The van der Waals surface area contributed by atoms with Gasteiger partial charge in [-0.2, -0.15) is 0 Å². The van der Waals surface area contributed by atoms with E-state index < -0.39 is 0 Å². The lowest BCUT2D eigenvalue weighted by atomic mass is 9.97. The van der Waals surface area contributed by atoms with Crippen molar-refractivity contribution in [3.8, 4) is 16.9 Å². The number of aryl methyl sites for hydroxylation is 1. The zero-order chi connectivity index (χ0) is 13.7. The molecule has 0 spiro atoms. The van der Waals surface area contributed by atoms with Gasteiger partial charge in [-0.15, -0.1) is 11.3 Å². The van der Waals surface area contributed by atoms with E-state index in [0.29, 0.717) is 0 Å². The van der Waals surface area contributed by atoms with E-state index in [1.807, 2.05) is 0 Å². The van der Waals surface area contributed by atoms with Crippen LogP contribution in [0.3, 0.4) is 0 Å². The third kappa shape index (κ3) is 1.74. The minimum atomic E-state index is 0.272. The van der Waals surface area contributed by atoms with Crippen LogP contribution in [0, 0.1) is 6.92 Å². The standard InChI is InChI=1S/C17H15NOS/c1-10-9-14-12(5-4-8-16(14)19-10)13-6-3-7-15-17(13)20-11(2)18-15/h3-8,10H,9H2,1-2H3. The van der Waals surface area contributed by atoms with Crippen molar-refractivity contribution < 1.29 is 4.74 Å². The van der Waals surface area contributed by atoms with Gasteiger partial charge in [0, 0.05) is 17.5 Å². The Morgan fingerprint density at radius 1 is 1.15 bits per heavy atom. The Balaban J connectivity index is 1.99. The minimum Gasteiger partial charge on any atom is -0.490 e. The van der Waals surface area contributed by atoms with Crippen LogP contribution in [0.25, 0.3) is 21.3 Å². The summed E-state index contributed by atoms with van der Waals surface area (Å²) in [6, 6.07) is 12.7. The molecule has 3 aromatic rings. The number of aromatic nitrogens is 1. The number of hydrogen-bond acceptors (Lipinski definition) is 3. The smallest absolute Gasteiger partial charge is 0.123 e. The Morgan fingerprint density at radius 2 is 1.95 bits per heavy atom. The van der Waals surface area contributed by atoms with Gasteiger partial charge in [-0.05, 0) is 31.5 Å². The average molecular weight is 281 g/mol. The van der Waals surface area contributed by atoms with Crippen LogP contribution >= 0.6 is 11.3 Å². The van der Waals surface area contributed by atoms with Crippen molar-refractivity contribution in [2.75, 3.05) is 0 Å². The van der Waals surface area contributed by atoms with Crippen molar-refractivity contribution in [1.29, 1.82) is 0 Å². The molecule has 2 heterocycles. The SMILES string of the molecule is Cc1nc2cccc(-c3cccc4c3CC(C)O4)c2s1. The molecular weight excluding hydrogens is 266 g/mol.